The molecular weight excluding hydrogens is 508 g/mol. The molecule has 0 unspecified atom stereocenters. The maximum atomic E-state index is 13.3. The third-order valence-electron chi connectivity index (χ3n) is 1.70. The van der Waals surface area contributed by atoms with Crippen LogP contribution in [-0.2, 0) is 0 Å². The fourth-order valence-electron chi connectivity index (χ4n) is 0.826. The molecule has 0 atom stereocenters. The lowest BCUT2D eigenvalue weighted by Gasteiger charge is -2.18. The summed E-state index contributed by atoms with van der Waals surface area (Å²) in [6.07, 6.45) is -3.33. The van der Waals surface area contributed by atoms with Gasteiger partial charge in [0.1, 0.15) is 5.75 Å². The van der Waals surface area contributed by atoms with E-state index in [9.17, 15) is 8.78 Å². The van der Waals surface area contributed by atoms with Gasteiger partial charge in [0.05, 0.1) is 0 Å². The topological polar surface area (TPSA) is 9.23 Å². The smallest absolute Gasteiger partial charge is 0.422 e. The quantitative estimate of drug-likeness (QED) is 0.306. The van der Waals surface area contributed by atoms with Crippen molar-refractivity contribution in [3.05, 3.63) is 35.9 Å². The molecule has 0 radical (unpaired) electrons. The molecule has 0 amide bonds. The van der Waals surface area contributed by atoms with Crippen LogP contribution in [0, 0.1) is 7.14 Å². The second kappa shape index (κ2) is 5.47. The van der Waals surface area contributed by atoms with Crippen LogP contribution >= 0.6 is 61.1 Å². The summed E-state index contributed by atoms with van der Waals surface area (Å²) in [6.45, 7) is 4.43. The lowest BCUT2D eigenvalue weighted by molar-refractivity contribution is -0.141. The Morgan fingerprint density at radius 1 is 1.38 bits per heavy atom. The van der Waals surface area contributed by atoms with Gasteiger partial charge in [0.15, 0.2) is 0 Å². The van der Waals surface area contributed by atoms with E-state index in [-0.39, 0.29) is 11.3 Å². The molecule has 16 heavy (non-hydrogen) atoms. The summed E-state index contributed by atoms with van der Waals surface area (Å²) in [5.74, 6) is 0.130. The lowest BCUT2D eigenvalue weighted by Crippen LogP contribution is -2.25. The molecule has 0 fully saturated rings. The van der Waals surface area contributed by atoms with Crippen molar-refractivity contribution in [2.75, 3.05) is 0 Å². The second-order valence-corrected chi connectivity index (χ2v) is 6.22. The zero-order valence-electron chi connectivity index (χ0n) is 8.16. The van der Waals surface area contributed by atoms with Crippen molar-refractivity contribution in [3.8, 4) is 5.75 Å². The number of halogens is 5. The molecule has 0 spiro atoms. The number of benzene rings is 1. The van der Waals surface area contributed by atoms with Crippen molar-refractivity contribution >= 4 is 61.1 Å². The maximum absolute atomic E-state index is 13.3. The number of hydrogen-bond acceptors (Lipinski definition) is 1. The third-order valence-corrected chi connectivity index (χ3v) is 5.74. The van der Waals surface area contributed by atoms with Gasteiger partial charge in [0.2, 0.25) is 0 Å². The number of alkyl halides is 2. The van der Waals surface area contributed by atoms with Gasteiger partial charge < -0.3 is 4.74 Å². The van der Waals surface area contributed by atoms with E-state index in [1.165, 1.54) is 6.92 Å². The van der Waals surface area contributed by atoms with E-state index in [0.29, 0.717) is 0 Å². The molecular formula is C10H7BrF2I2O. The summed E-state index contributed by atoms with van der Waals surface area (Å²) in [5.41, 5.74) is -0.319. The minimum atomic E-state index is -3.33. The Hall–Kier alpha value is 0.560. The first-order chi connectivity index (χ1) is 7.24. The van der Waals surface area contributed by atoms with Crippen LogP contribution < -0.4 is 4.74 Å². The predicted molar refractivity (Wildman–Crippen MR) is 80.0 cm³/mol. The van der Waals surface area contributed by atoms with Crippen molar-refractivity contribution in [1.82, 2.24) is 0 Å². The van der Waals surface area contributed by atoms with Gasteiger partial charge in [-0.25, -0.2) is 0 Å². The van der Waals surface area contributed by atoms with E-state index in [1.54, 1.807) is 12.1 Å². The first-order valence-corrected chi connectivity index (χ1v) is 7.06. The van der Waals surface area contributed by atoms with Crippen LogP contribution in [0.15, 0.2) is 28.8 Å². The van der Waals surface area contributed by atoms with Gasteiger partial charge in [-0.1, -0.05) is 6.58 Å². The maximum Gasteiger partial charge on any atom is 0.422 e. The van der Waals surface area contributed by atoms with Crippen LogP contribution in [0.1, 0.15) is 6.92 Å². The molecule has 0 aliphatic rings. The number of ether oxygens (including phenoxy) is 1. The van der Waals surface area contributed by atoms with Crippen molar-refractivity contribution in [2.24, 2.45) is 0 Å². The van der Waals surface area contributed by atoms with E-state index < -0.39 is 6.11 Å². The van der Waals surface area contributed by atoms with Gasteiger partial charge in [-0.05, 0) is 80.2 Å². The predicted octanol–water partition coefficient (Wildman–Crippen LogP) is 5.21. The molecule has 0 bridgehead atoms. The molecule has 0 N–H and O–H groups in total. The standard InChI is InChI=1S/C10H7BrF2I2O/c1-5(2)10(12,13)16-6-3-7(14)9(11)8(15)4-6/h3-4H,1H2,2H3. The Bertz CT molecular complexity index is 412. The van der Waals surface area contributed by atoms with Crippen LogP contribution in [0.3, 0.4) is 0 Å². The zero-order chi connectivity index (χ0) is 12.5. The Labute approximate surface area is 128 Å². The summed E-state index contributed by atoms with van der Waals surface area (Å²) >= 11 is 7.44. The molecule has 0 aliphatic carbocycles. The van der Waals surface area contributed by atoms with Crippen LogP contribution in [0.4, 0.5) is 8.78 Å². The number of rotatable bonds is 3. The molecule has 0 saturated heterocycles. The van der Waals surface area contributed by atoms with Crippen LogP contribution in [0.2, 0.25) is 0 Å². The SMILES string of the molecule is C=C(C)C(F)(F)Oc1cc(I)c(Br)c(I)c1. The fourth-order valence-corrected chi connectivity index (χ4v) is 2.77. The Kier molecular flexibility index (Phi) is 5.00. The molecule has 1 aromatic rings. The van der Waals surface area contributed by atoms with Crippen molar-refractivity contribution in [3.63, 3.8) is 0 Å². The average molecular weight is 515 g/mol. The normalized spacial score (nSPS) is 11.4. The highest BCUT2D eigenvalue weighted by Crippen LogP contribution is 2.33. The summed E-state index contributed by atoms with van der Waals surface area (Å²) in [6, 6.07) is 3.09. The first kappa shape index (κ1) is 14.6. The highest BCUT2D eigenvalue weighted by Gasteiger charge is 2.33. The van der Waals surface area contributed by atoms with Gasteiger partial charge in [-0.2, -0.15) is 8.78 Å². The second-order valence-electron chi connectivity index (χ2n) is 3.10. The lowest BCUT2D eigenvalue weighted by atomic mass is 10.3. The summed E-state index contributed by atoms with van der Waals surface area (Å²) in [7, 11) is 0. The summed E-state index contributed by atoms with van der Waals surface area (Å²) in [5, 5.41) is 0. The minimum absolute atomic E-state index is 0.130. The molecule has 1 nitrogen and oxygen atoms in total. The van der Waals surface area contributed by atoms with Gasteiger partial charge in [-0.15, -0.1) is 0 Å². The van der Waals surface area contributed by atoms with Crippen molar-refractivity contribution < 1.29 is 13.5 Å². The van der Waals surface area contributed by atoms with Crippen LogP contribution in [-0.4, -0.2) is 6.11 Å². The molecule has 88 valence electrons. The highest BCUT2D eigenvalue weighted by atomic mass is 127. The molecule has 0 heterocycles. The monoisotopic (exact) mass is 514 g/mol. The third kappa shape index (κ3) is 3.52. The zero-order valence-corrected chi connectivity index (χ0v) is 14.1. The Morgan fingerprint density at radius 3 is 2.19 bits per heavy atom. The van der Waals surface area contributed by atoms with E-state index >= 15 is 0 Å². The van der Waals surface area contributed by atoms with Gasteiger partial charge in [0, 0.05) is 17.2 Å². The molecule has 0 aromatic heterocycles. The minimum Gasteiger partial charge on any atom is -0.429 e. The summed E-state index contributed by atoms with van der Waals surface area (Å²) in [4.78, 5) is 0. The largest absolute Gasteiger partial charge is 0.429 e. The average Bonchev–Trinajstić information content (AvgIpc) is 2.13. The van der Waals surface area contributed by atoms with Crippen molar-refractivity contribution in [2.45, 2.75) is 13.0 Å². The van der Waals surface area contributed by atoms with Gasteiger partial charge in [-0.3, -0.25) is 0 Å². The summed E-state index contributed by atoms with van der Waals surface area (Å²) < 4.78 is 33.6. The molecule has 1 aromatic carbocycles. The van der Waals surface area contributed by atoms with E-state index in [1.807, 2.05) is 45.2 Å². The van der Waals surface area contributed by atoms with Crippen molar-refractivity contribution in [1.29, 1.82) is 0 Å². The van der Waals surface area contributed by atoms with E-state index in [2.05, 4.69) is 27.2 Å². The Morgan fingerprint density at radius 2 is 1.81 bits per heavy atom. The molecule has 0 aliphatic heterocycles. The molecule has 1 rings (SSSR count). The van der Waals surface area contributed by atoms with E-state index in [0.717, 1.165) is 11.6 Å². The molecule has 0 saturated carbocycles. The Balaban J connectivity index is 3.04. The fraction of sp³-hybridized carbons (Fsp3) is 0.200. The van der Waals surface area contributed by atoms with E-state index in [4.69, 9.17) is 0 Å². The van der Waals surface area contributed by atoms with Crippen LogP contribution in [0.25, 0.3) is 0 Å². The first-order valence-electron chi connectivity index (χ1n) is 4.11. The molecule has 6 heteroatoms. The van der Waals surface area contributed by atoms with Gasteiger partial charge in [0.25, 0.3) is 0 Å². The highest BCUT2D eigenvalue weighted by molar-refractivity contribution is 14.1. The number of hydrogen-bond donors (Lipinski definition) is 0. The van der Waals surface area contributed by atoms with Crippen LogP contribution in [0.5, 0.6) is 5.75 Å². The van der Waals surface area contributed by atoms with Gasteiger partial charge >= 0.3 is 6.11 Å².